The number of carbonyl (C=O) groups is 2. The lowest BCUT2D eigenvalue weighted by Gasteiger charge is -2.24. The summed E-state index contributed by atoms with van der Waals surface area (Å²) in [5, 5.41) is 23.6. The normalized spacial score (nSPS) is 13.9. The number of carbonyl (C=O) groups excluding carboxylic acids is 2. The minimum atomic E-state index is -0.801. The van der Waals surface area contributed by atoms with Crippen molar-refractivity contribution < 1.29 is 24.5 Å². The van der Waals surface area contributed by atoms with Crippen LogP contribution in [0.2, 0.25) is 0 Å². The van der Waals surface area contributed by atoms with Gasteiger partial charge in [0.05, 0.1) is 25.2 Å². The highest BCUT2D eigenvalue weighted by Gasteiger charge is 2.24. The number of unbranched alkanes of at least 4 members (excludes halogenated alkanes) is 21. The first-order chi connectivity index (χ1) is 25.5. The maximum Gasteiger partial charge on any atom is 0.306 e. The van der Waals surface area contributed by atoms with Crippen molar-refractivity contribution in [1.29, 1.82) is 0 Å². The lowest BCUT2D eigenvalue weighted by Crippen LogP contribution is -2.46. The molecule has 0 aromatic carbocycles. The van der Waals surface area contributed by atoms with E-state index in [1.807, 2.05) is 36.5 Å². The first kappa shape index (κ1) is 49.8. The summed E-state index contributed by atoms with van der Waals surface area (Å²) < 4.78 is 5.84. The highest BCUT2D eigenvalue weighted by Crippen LogP contribution is 2.17. The summed E-state index contributed by atoms with van der Waals surface area (Å²) in [6, 6.07) is -0.718. The predicted octanol–water partition coefficient (Wildman–Crippen LogP) is 12.3. The zero-order valence-corrected chi connectivity index (χ0v) is 34.2. The molecule has 302 valence electrons. The monoisotopic (exact) mass is 730 g/mol. The fourth-order valence-corrected chi connectivity index (χ4v) is 6.45. The summed E-state index contributed by atoms with van der Waals surface area (Å²) in [6.07, 6.45) is 46.1. The van der Waals surface area contributed by atoms with E-state index >= 15 is 0 Å². The highest BCUT2D eigenvalue weighted by atomic mass is 16.5. The number of amides is 1. The van der Waals surface area contributed by atoms with Crippen LogP contribution in [-0.4, -0.2) is 46.9 Å². The number of hydrogen-bond acceptors (Lipinski definition) is 5. The van der Waals surface area contributed by atoms with Gasteiger partial charge in [-0.15, -0.1) is 0 Å². The van der Waals surface area contributed by atoms with E-state index < -0.39 is 18.2 Å². The van der Waals surface area contributed by atoms with Crippen molar-refractivity contribution in [3.05, 3.63) is 48.6 Å². The molecule has 6 nitrogen and oxygen atoms in total. The van der Waals surface area contributed by atoms with Gasteiger partial charge in [0.1, 0.15) is 6.10 Å². The fraction of sp³-hybridized carbons (Fsp3) is 0.783. The molecule has 0 heterocycles. The van der Waals surface area contributed by atoms with Gasteiger partial charge in [-0.1, -0.05) is 204 Å². The molecule has 6 heteroatoms. The topological polar surface area (TPSA) is 95.9 Å². The molecule has 1 amide bonds. The van der Waals surface area contributed by atoms with Gasteiger partial charge < -0.3 is 20.3 Å². The van der Waals surface area contributed by atoms with E-state index in [9.17, 15) is 19.8 Å². The molecule has 3 N–H and O–H groups in total. The minimum absolute atomic E-state index is 0.0329. The molecule has 0 aromatic rings. The molecule has 0 aliphatic carbocycles. The van der Waals surface area contributed by atoms with Gasteiger partial charge in [0.25, 0.3) is 0 Å². The summed E-state index contributed by atoms with van der Waals surface area (Å²) >= 11 is 0. The highest BCUT2D eigenvalue weighted by molar-refractivity contribution is 5.77. The average Bonchev–Trinajstić information content (AvgIpc) is 3.13. The minimum Gasteiger partial charge on any atom is -0.462 e. The van der Waals surface area contributed by atoms with Crippen LogP contribution in [0.15, 0.2) is 48.6 Å². The standard InChI is InChI=1S/C46H83NO5/c1-4-7-10-13-16-19-21-22-24-27-29-32-35-38-44(49)43(41-48)47-45(50)40-42(37-34-31-28-26-23-20-17-14-11-8-5-2)52-46(51)39-36-33-30-25-18-15-12-9-6-3/h8,11,14,17,20,23,26,28,42-44,48-49H,4-7,9-10,12-13,15-16,18-19,21-22,24-25,27,29-41H2,1-3H3,(H,47,50)/b11-8+,17-14+,23-20-,28-26-. The Kier molecular flexibility index (Phi) is 38.3. The van der Waals surface area contributed by atoms with Gasteiger partial charge in [-0.2, -0.15) is 0 Å². The van der Waals surface area contributed by atoms with E-state index in [1.54, 1.807) is 0 Å². The zero-order chi connectivity index (χ0) is 38.2. The van der Waals surface area contributed by atoms with Crippen LogP contribution in [0.25, 0.3) is 0 Å². The van der Waals surface area contributed by atoms with Gasteiger partial charge in [-0.25, -0.2) is 0 Å². The predicted molar refractivity (Wildman–Crippen MR) is 222 cm³/mol. The van der Waals surface area contributed by atoms with E-state index in [-0.39, 0.29) is 24.9 Å². The summed E-state index contributed by atoms with van der Waals surface area (Å²) in [4.78, 5) is 25.8. The Hall–Kier alpha value is -2.18. The van der Waals surface area contributed by atoms with Crippen LogP contribution in [0.3, 0.4) is 0 Å². The molecule has 52 heavy (non-hydrogen) atoms. The van der Waals surface area contributed by atoms with Crippen molar-refractivity contribution in [2.24, 2.45) is 0 Å². The molecule has 0 fully saturated rings. The summed E-state index contributed by atoms with van der Waals surface area (Å²) in [5.74, 6) is -0.545. The van der Waals surface area contributed by atoms with Gasteiger partial charge in [0.15, 0.2) is 0 Å². The van der Waals surface area contributed by atoms with E-state index in [2.05, 4.69) is 38.2 Å². The van der Waals surface area contributed by atoms with Gasteiger partial charge in [-0.3, -0.25) is 9.59 Å². The SMILES string of the molecule is CC/C=C/C=C/C=C\C=C/CCCC(CC(=O)NC(CO)C(O)CCCCCCCCCCCCCCC)OC(=O)CCCCCCCCCCC. The van der Waals surface area contributed by atoms with Crippen LogP contribution < -0.4 is 5.32 Å². The molecule has 0 saturated carbocycles. The smallest absolute Gasteiger partial charge is 0.306 e. The maximum atomic E-state index is 13.1. The van der Waals surface area contributed by atoms with Crippen molar-refractivity contribution in [2.45, 2.75) is 225 Å². The number of hydrogen-bond donors (Lipinski definition) is 3. The first-order valence-electron chi connectivity index (χ1n) is 21.9. The number of esters is 1. The molecule has 3 atom stereocenters. The second kappa shape index (κ2) is 40.0. The number of allylic oxidation sites excluding steroid dienone is 8. The second-order valence-corrected chi connectivity index (χ2v) is 14.8. The van der Waals surface area contributed by atoms with E-state index in [1.165, 1.54) is 103 Å². The Labute approximate surface area is 321 Å². The van der Waals surface area contributed by atoms with Crippen molar-refractivity contribution in [1.82, 2.24) is 5.32 Å². The molecule has 3 unspecified atom stereocenters. The maximum absolute atomic E-state index is 13.1. The van der Waals surface area contributed by atoms with Crippen LogP contribution in [-0.2, 0) is 14.3 Å². The van der Waals surface area contributed by atoms with Gasteiger partial charge in [-0.05, 0) is 38.5 Å². The molecule has 0 aliphatic heterocycles. The van der Waals surface area contributed by atoms with Crippen molar-refractivity contribution in [2.75, 3.05) is 6.61 Å². The Morgan fingerprint density at radius 2 is 1.04 bits per heavy atom. The zero-order valence-electron chi connectivity index (χ0n) is 34.2. The van der Waals surface area contributed by atoms with Crippen molar-refractivity contribution in [3.63, 3.8) is 0 Å². The summed E-state index contributed by atoms with van der Waals surface area (Å²) in [7, 11) is 0. The number of aliphatic hydroxyl groups excluding tert-OH is 2. The van der Waals surface area contributed by atoms with Gasteiger partial charge in [0.2, 0.25) is 5.91 Å². The Morgan fingerprint density at radius 1 is 0.577 bits per heavy atom. The molecular formula is C46H83NO5. The Bertz CT molecular complexity index is 910. The number of aliphatic hydroxyl groups is 2. The molecule has 0 bridgehead atoms. The third-order valence-corrected chi connectivity index (χ3v) is 9.77. The molecule has 0 aliphatic rings. The molecule has 0 radical (unpaired) electrons. The number of ether oxygens (including phenoxy) is 1. The molecule has 0 rings (SSSR count). The molecule has 0 aromatic heterocycles. The van der Waals surface area contributed by atoms with Crippen LogP contribution in [0, 0.1) is 0 Å². The summed E-state index contributed by atoms with van der Waals surface area (Å²) in [6.45, 7) is 6.28. The van der Waals surface area contributed by atoms with E-state index in [4.69, 9.17) is 4.74 Å². The molecular weight excluding hydrogens is 647 g/mol. The van der Waals surface area contributed by atoms with Crippen LogP contribution in [0.5, 0.6) is 0 Å². The quantitative estimate of drug-likeness (QED) is 0.0334. The van der Waals surface area contributed by atoms with Gasteiger partial charge in [0, 0.05) is 6.42 Å². The van der Waals surface area contributed by atoms with Crippen molar-refractivity contribution >= 4 is 11.9 Å². The second-order valence-electron chi connectivity index (χ2n) is 14.8. The Morgan fingerprint density at radius 3 is 1.54 bits per heavy atom. The number of nitrogens with one attached hydrogen (secondary N) is 1. The van der Waals surface area contributed by atoms with Crippen LogP contribution in [0.4, 0.5) is 0 Å². The average molecular weight is 730 g/mol. The molecule has 0 saturated heterocycles. The first-order valence-corrected chi connectivity index (χ1v) is 21.9. The van der Waals surface area contributed by atoms with Crippen molar-refractivity contribution in [3.8, 4) is 0 Å². The lowest BCUT2D eigenvalue weighted by molar-refractivity contribution is -0.151. The van der Waals surface area contributed by atoms with Crippen LogP contribution in [0.1, 0.15) is 207 Å². The summed E-state index contributed by atoms with van der Waals surface area (Å²) in [5.41, 5.74) is 0. The lowest BCUT2D eigenvalue weighted by atomic mass is 10.0. The number of rotatable bonds is 38. The molecule has 0 spiro atoms. The third-order valence-electron chi connectivity index (χ3n) is 9.77. The fourth-order valence-electron chi connectivity index (χ4n) is 6.45. The van der Waals surface area contributed by atoms with E-state index in [0.29, 0.717) is 19.3 Å². The largest absolute Gasteiger partial charge is 0.462 e. The van der Waals surface area contributed by atoms with Crippen LogP contribution >= 0.6 is 0 Å². The third kappa shape index (κ3) is 34.9. The Balaban J connectivity index is 4.64. The van der Waals surface area contributed by atoms with Gasteiger partial charge >= 0.3 is 5.97 Å². The van der Waals surface area contributed by atoms with E-state index in [0.717, 1.165) is 57.8 Å².